The average Bonchev–Trinajstić information content (AvgIpc) is 2.69. The molecule has 1 saturated heterocycles. The number of hydrogen-bond acceptors (Lipinski definition) is 3. The molecule has 0 aliphatic carbocycles. The first-order valence-corrected chi connectivity index (χ1v) is 6.48. The van der Waals surface area contributed by atoms with Crippen LogP contribution in [0.1, 0.15) is 24.3 Å². The monoisotopic (exact) mass is 234 g/mol. The van der Waals surface area contributed by atoms with Gasteiger partial charge in [0.25, 0.3) is 0 Å². The molecule has 1 aromatic carbocycles. The van der Waals surface area contributed by atoms with Crippen LogP contribution < -0.4 is 10.2 Å². The predicted molar refractivity (Wildman–Crippen MR) is 67.3 cm³/mol. The van der Waals surface area contributed by atoms with E-state index in [1.807, 2.05) is 6.07 Å². The van der Waals surface area contributed by atoms with Crippen molar-refractivity contribution < 1.29 is 0 Å². The van der Waals surface area contributed by atoms with Crippen LogP contribution in [0.5, 0.6) is 0 Å². The largest absolute Gasteiger partial charge is 0.317 e. The number of nitrogens with one attached hydrogen (secondary N) is 2. The summed E-state index contributed by atoms with van der Waals surface area (Å²) in [5.74, 6) is 0.655. The molecule has 2 heterocycles. The number of piperidine rings is 1. The van der Waals surface area contributed by atoms with Gasteiger partial charge >= 0.3 is 4.87 Å². The van der Waals surface area contributed by atoms with Gasteiger partial charge in [-0.05, 0) is 49.5 Å². The lowest BCUT2D eigenvalue weighted by Crippen LogP contribution is -2.26. The van der Waals surface area contributed by atoms with E-state index in [2.05, 4.69) is 22.4 Å². The molecule has 0 unspecified atom stereocenters. The molecule has 2 aromatic rings. The third-order valence-corrected chi connectivity index (χ3v) is 4.10. The summed E-state index contributed by atoms with van der Waals surface area (Å²) in [7, 11) is 0. The second kappa shape index (κ2) is 4.03. The Bertz CT molecular complexity index is 551. The van der Waals surface area contributed by atoms with Crippen molar-refractivity contribution in [1.82, 2.24) is 10.3 Å². The molecule has 1 fully saturated rings. The summed E-state index contributed by atoms with van der Waals surface area (Å²) >= 11 is 1.30. The molecule has 3 nitrogen and oxygen atoms in total. The van der Waals surface area contributed by atoms with E-state index in [4.69, 9.17) is 0 Å². The Morgan fingerprint density at radius 1 is 1.25 bits per heavy atom. The quantitative estimate of drug-likeness (QED) is 0.793. The minimum absolute atomic E-state index is 0.0393. The minimum atomic E-state index is 0.0393. The molecule has 0 spiro atoms. The van der Waals surface area contributed by atoms with Gasteiger partial charge in [0.05, 0.1) is 10.2 Å². The Morgan fingerprint density at radius 2 is 2.06 bits per heavy atom. The fraction of sp³-hybridized carbons (Fsp3) is 0.417. The Morgan fingerprint density at radius 3 is 2.88 bits per heavy atom. The van der Waals surface area contributed by atoms with Gasteiger partial charge in [0.2, 0.25) is 0 Å². The number of benzene rings is 1. The molecule has 1 aliphatic heterocycles. The van der Waals surface area contributed by atoms with Crippen molar-refractivity contribution in [1.29, 1.82) is 0 Å². The molecule has 16 heavy (non-hydrogen) atoms. The van der Waals surface area contributed by atoms with E-state index in [1.54, 1.807) is 0 Å². The summed E-state index contributed by atoms with van der Waals surface area (Å²) in [4.78, 5) is 14.1. The molecule has 3 rings (SSSR count). The summed E-state index contributed by atoms with van der Waals surface area (Å²) in [5.41, 5.74) is 2.34. The summed E-state index contributed by atoms with van der Waals surface area (Å²) in [5, 5.41) is 3.37. The van der Waals surface area contributed by atoms with Crippen molar-refractivity contribution in [3.63, 3.8) is 0 Å². The molecule has 4 heteroatoms. The van der Waals surface area contributed by atoms with Gasteiger partial charge in [-0.1, -0.05) is 17.4 Å². The smallest absolute Gasteiger partial charge is 0.305 e. The topological polar surface area (TPSA) is 44.9 Å². The number of hydrogen-bond donors (Lipinski definition) is 2. The summed E-state index contributed by atoms with van der Waals surface area (Å²) in [6.07, 6.45) is 2.40. The van der Waals surface area contributed by atoms with Crippen molar-refractivity contribution in [2.24, 2.45) is 0 Å². The first-order valence-electron chi connectivity index (χ1n) is 5.66. The Labute approximate surface area is 97.5 Å². The van der Waals surface area contributed by atoms with Crippen LogP contribution in [0, 0.1) is 0 Å². The number of H-pyrrole nitrogens is 1. The molecule has 0 saturated carbocycles. The normalized spacial score (nSPS) is 18.0. The Balaban J connectivity index is 2.00. The van der Waals surface area contributed by atoms with E-state index in [1.165, 1.54) is 29.7 Å². The van der Waals surface area contributed by atoms with E-state index >= 15 is 0 Å². The highest BCUT2D eigenvalue weighted by Gasteiger charge is 2.15. The summed E-state index contributed by atoms with van der Waals surface area (Å²) in [6, 6.07) is 6.36. The highest BCUT2D eigenvalue weighted by Crippen LogP contribution is 2.28. The molecule has 1 aliphatic rings. The fourth-order valence-electron chi connectivity index (χ4n) is 2.37. The number of fused-ring (bicyclic) bond motifs is 1. The molecular formula is C12H14N2OS. The standard InChI is InChI=1S/C12H14N2OS/c15-12-14-10-2-1-9(7-11(10)16-12)8-3-5-13-6-4-8/h1-2,7-8,13H,3-6H2,(H,14,15). The molecule has 84 valence electrons. The van der Waals surface area contributed by atoms with Gasteiger partial charge in [0.15, 0.2) is 0 Å². The van der Waals surface area contributed by atoms with Crippen LogP contribution in [-0.4, -0.2) is 18.1 Å². The molecule has 0 atom stereocenters. The van der Waals surface area contributed by atoms with Gasteiger partial charge in [-0.2, -0.15) is 0 Å². The van der Waals surface area contributed by atoms with Gasteiger partial charge in [-0.15, -0.1) is 0 Å². The summed E-state index contributed by atoms with van der Waals surface area (Å²) in [6.45, 7) is 2.21. The second-order valence-electron chi connectivity index (χ2n) is 4.29. The van der Waals surface area contributed by atoms with Crippen molar-refractivity contribution in [2.45, 2.75) is 18.8 Å². The minimum Gasteiger partial charge on any atom is -0.317 e. The van der Waals surface area contributed by atoms with E-state index in [0.29, 0.717) is 5.92 Å². The van der Waals surface area contributed by atoms with Crippen molar-refractivity contribution in [3.05, 3.63) is 33.4 Å². The van der Waals surface area contributed by atoms with Crippen LogP contribution in [0.25, 0.3) is 10.2 Å². The van der Waals surface area contributed by atoms with Gasteiger partial charge in [-0.25, -0.2) is 0 Å². The molecular weight excluding hydrogens is 220 g/mol. The highest BCUT2D eigenvalue weighted by molar-refractivity contribution is 7.16. The zero-order chi connectivity index (χ0) is 11.0. The number of aromatic nitrogens is 1. The van der Waals surface area contributed by atoms with Crippen LogP contribution in [0.4, 0.5) is 0 Å². The lowest BCUT2D eigenvalue weighted by atomic mass is 9.90. The van der Waals surface area contributed by atoms with Gasteiger partial charge in [-0.3, -0.25) is 4.79 Å². The Hall–Kier alpha value is -1.13. The van der Waals surface area contributed by atoms with Gasteiger partial charge in [0, 0.05) is 0 Å². The van der Waals surface area contributed by atoms with E-state index in [-0.39, 0.29) is 4.87 Å². The first-order chi connectivity index (χ1) is 7.83. The molecule has 2 N–H and O–H groups in total. The average molecular weight is 234 g/mol. The zero-order valence-corrected chi connectivity index (χ0v) is 9.77. The Kier molecular flexibility index (Phi) is 2.53. The van der Waals surface area contributed by atoms with Crippen molar-refractivity contribution in [2.75, 3.05) is 13.1 Å². The number of rotatable bonds is 1. The van der Waals surface area contributed by atoms with Crippen LogP contribution in [0.3, 0.4) is 0 Å². The van der Waals surface area contributed by atoms with E-state index < -0.39 is 0 Å². The third-order valence-electron chi connectivity index (χ3n) is 3.26. The molecule has 0 radical (unpaired) electrons. The molecule has 1 aromatic heterocycles. The van der Waals surface area contributed by atoms with E-state index in [0.717, 1.165) is 23.3 Å². The lowest BCUT2D eigenvalue weighted by Gasteiger charge is -2.22. The van der Waals surface area contributed by atoms with Crippen LogP contribution >= 0.6 is 11.3 Å². The number of aromatic amines is 1. The van der Waals surface area contributed by atoms with Crippen LogP contribution in [-0.2, 0) is 0 Å². The van der Waals surface area contributed by atoms with Crippen LogP contribution in [0.2, 0.25) is 0 Å². The lowest BCUT2D eigenvalue weighted by molar-refractivity contribution is 0.461. The maximum absolute atomic E-state index is 11.2. The number of thiazole rings is 1. The zero-order valence-electron chi connectivity index (χ0n) is 8.95. The second-order valence-corrected chi connectivity index (χ2v) is 5.31. The highest BCUT2D eigenvalue weighted by atomic mass is 32.1. The SMILES string of the molecule is O=c1[nH]c2ccc(C3CCNCC3)cc2s1. The maximum atomic E-state index is 11.2. The summed E-state index contributed by atoms with van der Waals surface area (Å²) < 4.78 is 1.08. The van der Waals surface area contributed by atoms with Gasteiger partial charge < -0.3 is 10.3 Å². The maximum Gasteiger partial charge on any atom is 0.305 e. The van der Waals surface area contributed by atoms with Gasteiger partial charge in [0.1, 0.15) is 0 Å². The van der Waals surface area contributed by atoms with Crippen molar-refractivity contribution in [3.8, 4) is 0 Å². The molecule has 0 bridgehead atoms. The van der Waals surface area contributed by atoms with E-state index in [9.17, 15) is 4.79 Å². The van der Waals surface area contributed by atoms with Crippen molar-refractivity contribution >= 4 is 21.6 Å². The van der Waals surface area contributed by atoms with Crippen LogP contribution in [0.15, 0.2) is 23.0 Å². The molecule has 0 amide bonds. The first kappa shape index (κ1) is 10.1. The third kappa shape index (κ3) is 1.79. The predicted octanol–water partition coefficient (Wildman–Crippen LogP) is 2.06. The fourth-order valence-corrected chi connectivity index (χ4v) is 3.16.